The number of nitrogens with zero attached hydrogens (tertiary/aromatic N) is 2. The van der Waals surface area contributed by atoms with Crippen LogP contribution in [0.3, 0.4) is 0 Å². The molecule has 0 saturated heterocycles. The summed E-state index contributed by atoms with van der Waals surface area (Å²) in [6.45, 7) is 3.86. The fourth-order valence-corrected chi connectivity index (χ4v) is 0.631. The molecule has 0 aromatic carbocycles. The Morgan fingerprint density at radius 1 is 1.27 bits per heavy atom. The third-order valence-electron chi connectivity index (χ3n) is 1.19. The number of hydrogen-bond donors (Lipinski definition) is 1. The van der Waals surface area contributed by atoms with Crippen LogP contribution in [-0.2, 0) is 0 Å². The molecule has 0 aliphatic heterocycles. The zero-order valence-electron chi connectivity index (χ0n) is 6.70. The van der Waals surface area contributed by atoms with Gasteiger partial charge in [0.15, 0.2) is 0 Å². The third-order valence-corrected chi connectivity index (χ3v) is 1.19. The third kappa shape index (κ3) is 2.80. The first-order chi connectivity index (χ1) is 5.29. The van der Waals surface area contributed by atoms with Gasteiger partial charge in [-0.3, -0.25) is 4.98 Å². The van der Waals surface area contributed by atoms with E-state index in [9.17, 15) is 0 Å². The highest BCUT2D eigenvalue weighted by Gasteiger charge is 1.77. The van der Waals surface area contributed by atoms with Gasteiger partial charge in [0, 0.05) is 24.8 Å². The van der Waals surface area contributed by atoms with Crippen molar-refractivity contribution in [1.29, 1.82) is 0 Å². The van der Waals surface area contributed by atoms with E-state index in [-0.39, 0.29) is 0 Å². The summed E-state index contributed by atoms with van der Waals surface area (Å²) in [5, 5.41) is 0. The molecule has 0 radical (unpaired) electrons. The van der Waals surface area contributed by atoms with Crippen molar-refractivity contribution in [3.05, 3.63) is 36.2 Å². The van der Waals surface area contributed by atoms with E-state index in [1.54, 1.807) is 24.8 Å². The molecule has 3 nitrogen and oxygen atoms in total. The number of aromatic nitrogens is 3. The highest BCUT2D eigenvalue weighted by atomic mass is 14.8. The highest BCUT2D eigenvalue weighted by molar-refractivity contribution is 4.97. The quantitative estimate of drug-likeness (QED) is 0.608. The van der Waals surface area contributed by atoms with Crippen LogP contribution in [-0.4, -0.2) is 15.0 Å². The van der Waals surface area contributed by atoms with Gasteiger partial charge in [-0.2, -0.15) is 0 Å². The maximum absolute atomic E-state index is 4.13. The van der Waals surface area contributed by atoms with E-state index >= 15 is 0 Å². The summed E-state index contributed by atoms with van der Waals surface area (Å²) >= 11 is 0. The molecule has 3 heteroatoms. The van der Waals surface area contributed by atoms with Crippen LogP contribution in [0.2, 0.25) is 0 Å². The van der Waals surface area contributed by atoms with E-state index < -0.39 is 0 Å². The standard InChI is InChI=1S/C8H11N3/c1-7-5-9-3-4-10-8(2)11-6-7/h3-6H,1-2H3,(H,10,11). The Morgan fingerprint density at radius 3 is 2.91 bits per heavy atom. The molecule has 11 heavy (non-hydrogen) atoms. The minimum absolute atomic E-state index is 0.867. The summed E-state index contributed by atoms with van der Waals surface area (Å²) in [5.41, 5.74) is 1.04. The molecule has 0 fully saturated rings. The molecule has 1 heterocycles. The molecule has 1 aromatic heterocycles. The molecule has 0 aliphatic carbocycles. The molecule has 0 amide bonds. The van der Waals surface area contributed by atoms with Crippen molar-refractivity contribution in [1.82, 2.24) is 15.0 Å². The van der Waals surface area contributed by atoms with Crippen molar-refractivity contribution in [3.8, 4) is 0 Å². The van der Waals surface area contributed by atoms with Gasteiger partial charge in [-0.05, 0) is 19.4 Å². The van der Waals surface area contributed by atoms with E-state index in [4.69, 9.17) is 0 Å². The predicted octanol–water partition coefficient (Wildman–Crippen LogP) is 1.55. The Kier molecular flexibility index (Phi) is 2.60. The van der Waals surface area contributed by atoms with Crippen molar-refractivity contribution in [2.45, 2.75) is 13.8 Å². The second-order valence-corrected chi connectivity index (χ2v) is 2.33. The van der Waals surface area contributed by atoms with E-state index in [0.717, 1.165) is 11.4 Å². The Morgan fingerprint density at radius 2 is 2.09 bits per heavy atom. The summed E-state index contributed by atoms with van der Waals surface area (Å²) in [4.78, 5) is 11.1. The zero-order valence-corrected chi connectivity index (χ0v) is 6.70. The van der Waals surface area contributed by atoms with E-state index in [2.05, 4.69) is 15.0 Å². The van der Waals surface area contributed by atoms with Crippen LogP contribution >= 0.6 is 0 Å². The second kappa shape index (κ2) is 3.71. The van der Waals surface area contributed by atoms with Crippen LogP contribution in [0, 0.1) is 13.8 Å². The summed E-state index contributed by atoms with van der Waals surface area (Å²) in [5.74, 6) is 0.867. The summed E-state index contributed by atoms with van der Waals surface area (Å²) in [7, 11) is 0. The Balaban J connectivity index is 3.23. The molecule has 0 aliphatic rings. The zero-order chi connectivity index (χ0) is 8.10. The number of rotatable bonds is 0. The lowest BCUT2D eigenvalue weighted by atomic mass is 10.4. The lowest BCUT2D eigenvalue weighted by Crippen LogP contribution is -1.77. The Bertz CT molecular complexity index is 250. The maximum atomic E-state index is 4.13. The molecule has 0 atom stereocenters. The first-order valence-corrected chi connectivity index (χ1v) is 3.45. The molecule has 1 rings (SSSR count). The van der Waals surface area contributed by atoms with Gasteiger partial charge in [-0.1, -0.05) is 0 Å². The lowest BCUT2D eigenvalue weighted by molar-refractivity contribution is 1.07. The van der Waals surface area contributed by atoms with Gasteiger partial charge in [0.2, 0.25) is 0 Å². The largest absolute Gasteiger partial charge is 0.349 e. The van der Waals surface area contributed by atoms with Crippen LogP contribution in [0.25, 0.3) is 0 Å². The van der Waals surface area contributed by atoms with E-state index in [1.807, 2.05) is 13.8 Å². The number of nitrogens with one attached hydrogen (secondary N) is 1. The number of H-pyrrole nitrogens is 1. The minimum atomic E-state index is 0.867. The van der Waals surface area contributed by atoms with Crippen LogP contribution < -0.4 is 0 Å². The molecular formula is C8H11N3. The Hall–Kier alpha value is -1.38. The fraction of sp³-hybridized carbons (Fsp3) is 0.250. The second-order valence-electron chi connectivity index (χ2n) is 2.33. The Labute approximate surface area is 65.9 Å². The van der Waals surface area contributed by atoms with Crippen molar-refractivity contribution < 1.29 is 0 Å². The van der Waals surface area contributed by atoms with Gasteiger partial charge >= 0.3 is 0 Å². The normalized spacial score (nSPS) is 8.91. The number of hydrogen-bond acceptors (Lipinski definition) is 2. The SMILES string of the molecule is Cc1cncc[nH]c(C)nc1. The van der Waals surface area contributed by atoms with E-state index in [0.29, 0.717) is 0 Å². The average molecular weight is 149 g/mol. The molecule has 0 unspecified atom stereocenters. The summed E-state index contributed by atoms with van der Waals surface area (Å²) in [6, 6.07) is 0. The van der Waals surface area contributed by atoms with Crippen LogP contribution in [0.1, 0.15) is 11.4 Å². The van der Waals surface area contributed by atoms with Gasteiger partial charge in [0.1, 0.15) is 5.82 Å². The smallest absolute Gasteiger partial charge is 0.102 e. The predicted molar refractivity (Wildman–Crippen MR) is 43.5 cm³/mol. The van der Waals surface area contributed by atoms with Crippen molar-refractivity contribution in [2.24, 2.45) is 0 Å². The number of aromatic amines is 1. The van der Waals surface area contributed by atoms with Crippen LogP contribution in [0.4, 0.5) is 0 Å². The molecule has 0 saturated carbocycles. The summed E-state index contributed by atoms with van der Waals surface area (Å²) in [6.07, 6.45) is 6.99. The van der Waals surface area contributed by atoms with Gasteiger partial charge < -0.3 is 4.98 Å². The van der Waals surface area contributed by atoms with Gasteiger partial charge in [0.25, 0.3) is 0 Å². The molecule has 0 spiro atoms. The van der Waals surface area contributed by atoms with Crippen molar-refractivity contribution in [3.63, 3.8) is 0 Å². The number of aryl methyl sites for hydroxylation is 2. The maximum Gasteiger partial charge on any atom is 0.102 e. The topological polar surface area (TPSA) is 41.6 Å². The molecule has 1 N–H and O–H groups in total. The van der Waals surface area contributed by atoms with E-state index in [1.165, 1.54) is 0 Å². The molecular weight excluding hydrogens is 138 g/mol. The average Bonchev–Trinajstić information content (AvgIpc) is 2.06. The first-order valence-electron chi connectivity index (χ1n) is 3.45. The van der Waals surface area contributed by atoms with Gasteiger partial charge in [0.05, 0.1) is 0 Å². The molecule has 0 bridgehead atoms. The molecule has 1 aromatic rings. The van der Waals surface area contributed by atoms with Gasteiger partial charge in [-0.15, -0.1) is 0 Å². The highest BCUT2D eigenvalue weighted by Crippen LogP contribution is 1.85. The fourth-order valence-electron chi connectivity index (χ4n) is 0.631. The van der Waals surface area contributed by atoms with Crippen LogP contribution in [0.5, 0.6) is 0 Å². The summed E-state index contributed by atoms with van der Waals surface area (Å²) < 4.78 is 0. The van der Waals surface area contributed by atoms with Crippen molar-refractivity contribution in [2.75, 3.05) is 0 Å². The van der Waals surface area contributed by atoms with Crippen LogP contribution in [0.15, 0.2) is 24.8 Å². The lowest BCUT2D eigenvalue weighted by Gasteiger charge is -1.81. The van der Waals surface area contributed by atoms with Crippen molar-refractivity contribution >= 4 is 0 Å². The monoisotopic (exact) mass is 149 g/mol. The molecule has 58 valence electrons. The van der Waals surface area contributed by atoms with Gasteiger partial charge in [-0.25, -0.2) is 4.98 Å². The first kappa shape index (κ1) is 7.72. The minimum Gasteiger partial charge on any atom is -0.349 e.